The molecule has 0 aliphatic carbocycles. The molecule has 1 aliphatic rings. The van der Waals surface area contributed by atoms with Crippen LogP contribution in [0.25, 0.3) is 11.3 Å². The molecule has 6 nitrogen and oxygen atoms in total. The molecule has 2 heterocycles. The molecule has 0 fully saturated rings. The van der Waals surface area contributed by atoms with E-state index in [2.05, 4.69) is 17.3 Å². The predicted molar refractivity (Wildman–Crippen MR) is 103 cm³/mol. The first-order valence-corrected chi connectivity index (χ1v) is 8.91. The highest BCUT2D eigenvalue weighted by Gasteiger charge is 2.15. The first-order valence-electron chi connectivity index (χ1n) is 8.91. The Morgan fingerprint density at radius 2 is 1.93 bits per heavy atom. The van der Waals surface area contributed by atoms with Gasteiger partial charge in [0, 0.05) is 23.7 Å². The maximum Gasteiger partial charge on any atom is 0.161 e. The summed E-state index contributed by atoms with van der Waals surface area (Å²) in [5, 5.41) is 8.69. The van der Waals surface area contributed by atoms with Crippen LogP contribution in [0.4, 0.5) is 0 Å². The van der Waals surface area contributed by atoms with Gasteiger partial charge in [0.1, 0.15) is 12.8 Å². The van der Waals surface area contributed by atoms with Crippen LogP contribution in [0.2, 0.25) is 0 Å². The smallest absolute Gasteiger partial charge is 0.161 e. The molecule has 0 radical (unpaired) electrons. The summed E-state index contributed by atoms with van der Waals surface area (Å²) >= 11 is 0. The van der Waals surface area contributed by atoms with Crippen molar-refractivity contribution in [3.05, 3.63) is 65.9 Å². The Morgan fingerprint density at radius 3 is 2.74 bits per heavy atom. The first kappa shape index (κ1) is 17.1. The van der Waals surface area contributed by atoms with Crippen molar-refractivity contribution in [2.24, 2.45) is 5.16 Å². The van der Waals surface area contributed by atoms with Crippen LogP contribution in [0.3, 0.4) is 0 Å². The van der Waals surface area contributed by atoms with Gasteiger partial charge in [-0.25, -0.2) is 0 Å². The van der Waals surface area contributed by atoms with Crippen molar-refractivity contribution in [3.63, 3.8) is 0 Å². The van der Waals surface area contributed by atoms with E-state index in [1.54, 1.807) is 6.21 Å². The number of hydrogen-bond acceptors (Lipinski definition) is 5. The van der Waals surface area contributed by atoms with Gasteiger partial charge >= 0.3 is 0 Å². The van der Waals surface area contributed by atoms with Crippen molar-refractivity contribution in [2.75, 3.05) is 20.3 Å². The molecule has 0 saturated heterocycles. The summed E-state index contributed by atoms with van der Waals surface area (Å²) in [7, 11) is 1.53. The van der Waals surface area contributed by atoms with Crippen LogP contribution in [0, 0.1) is 0 Å². The highest BCUT2D eigenvalue weighted by molar-refractivity contribution is 5.88. The van der Waals surface area contributed by atoms with Gasteiger partial charge in [-0.3, -0.25) is 4.68 Å². The lowest BCUT2D eigenvalue weighted by Gasteiger charge is -2.08. The Labute approximate surface area is 158 Å². The molecule has 0 atom stereocenters. The fourth-order valence-electron chi connectivity index (χ4n) is 3.03. The first-order chi connectivity index (χ1) is 13.3. The van der Waals surface area contributed by atoms with E-state index in [1.165, 1.54) is 12.7 Å². The third kappa shape index (κ3) is 3.95. The van der Waals surface area contributed by atoms with Gasteiger partial charge in [0.25, 0.3) is 0 Å². The Kier molecular flexibility index (Phi) is 5.05. The molecule has 0 spiro atoms. The number of nitrogens with zero attached hydrogens (tertiary/aromatic N) is 3. The minimum atomic E-state index is 0.650. The second-order valence-electron chi connectivity index (χ2n) is 6.25. The van der Waals surface area contributed by atoms with Gasteiger partial charge in [-0.2, -0.15) is 5.10 Å². The summed E-state index contributed by atoms with van der Waals surface area (Å²) in [5.74, 6) is 1.52. The van der Waals surface area contributed by atoms with Crippen LogP contribution in [-0.4, -0.2) is 36.3 Å². The number of hydrogen-bond donors (Lipinski definition) is 0. The standard InChI is InChI=1S/C21H21N3O3/c1-25-22-13-18-15-24(14-16-6-3-2-4-7-16)23-21(18)17-8-9-19-20(12-17)27-11-5-10-26-19/h2-4,6-9,12-13,15H,5,10-11,14H2,1H3/b22-13-. The lowest BCUT2D eigenvalue weighted by atomic mass is 10.1. The molecule has 0 saturated carbocycles. The lowest BCUT2D eigenvalue weighted by molar-refractivity contribution is 0.215. The minimum absolute atomic E-state index is 0.650. The quantitative estimate of drug-likeness (QED) is 0.512. The summed E-state index contributed by atoms with van der Waals surface area (Å²) in [5.41, 5.74) is 3.83. The molecule has 4 rings (SSSR count). The summed E-state index contributed by atoms with van der Waals surface area (Å²) < 4.78 is 13.4. The number of oxime groups is 1. The maximum absolute atomic E-state index is 5.82. The van der Waals surface area contributed by atoms with E-state index in [0.29, 0.717) is 19.8 Å². The zero-order chi connectivity index (χ0) is 18.5. The largest absolute Gasteiger partial charge is 0.490 e. The van der Waals surface area contributed by atoms with Crippen molar-refractivity contribution >= 4 is 6.21 Å². The van der Waals surface area contributed by atoms with E-state index in [0.717, 1.165) is 34.7 Å². The van der Waals surface area contributed by atoms with Crippen molar-refractivity contribution in [1.29, 1.82) is 0 Å². The van der Waals surface area contributed by atoms with E-state index in [1.807, 2.05) is 47.3 Å². The predicted octanol–water partition coefficient (Wildman–Crippen LogP) is 3.74. The molecule has 2 aromatic carbocycles. The second-order valence-corrected chi connectivity index (χ2v) is 6.25. The molecule has 0 bridgehead atoms. The van der Waals surface area contributed by atoms with Gasteiger partial charge < -0.3 is 14.3 Å². The van der Waals surface area contributed by atoms with Crippen molar-refractivity contribution in [1.82, 2.24) is 9.78 Å². The topological polar surface area (TPSA) is 57.9 Å². The van der Waals surface area contributed by atoms with E-state index in [9.17, 15) is 0 Å². The van der Waals surface area contributed by atoms with Crippen LogP contribution < -0.4 is 9.47 Å². The third-order valence-corrected chi connectivity index (χ3v) is 4.30. The Bertz CT molecular complexity index is 935. The van der Waals surface area contributed by atoms with E-state index >= 15 is 0 Å². The zero-order valence-electron chi connectivity index (χ0n) is 15.2. The molecule has 27 heavy (non-hydrogen) atoms. The minimum Gasteiger partial charge on any atom is -0.490 e. The van der Waals surface area contributed by atoms with E-state index in [4.69, 9.17) is 19.4 Å². The summed E-state index contributed by atoms with van der Waals surface area (Å²) in [6.07, 6.45) is 4.52. The Hall–Kier alpha value is -3.28. The number of fused-ring (bicyclic) bond motifs is 1. The van der Waals surface area contributed by atoms with Crippen LogP contribution >= 0.6 is 0 Å². The second kappa shape index (κ2) is 7.95. The highest BCUT2D eigenvalue weighted by Crippen LogP contribution is 2.34. The SMILES string of the molecule is CO/N=C\c1cn(Cc2ccccc2)nc1-c1ccc2c(c1)OCCCO2. The van der Waals surface area contributed by atoms with Gasteiger partial charge in [0.2, 0.25) is 0 Å². The number of rotatable bonds is 5. The molecule has 1 aliphatic heterocycles. The van der Waals surface area contributed by atoms with Crippen LogP contribution in [0.15, 0.2) is 59.9 Å². The molecule has 1 aromatic heterocycles. The van der Waals surface area contributed by atoms with Gasteiger partial charge in [0.05, 0.1) is 26.0 Å². The summed E-state index contributed by atoms with van der Waals surface area (Å²) in [6, 6.07) is 16.1. The molecule has 6 heteroatoms. The van der Waals surface area contributed by atoms with Crippen LogP contribution in [0.1, 0.15) is 17.5 Å². The molecule has 0 N–H and O–H groups in total. The van der Waals surface area contributed by atoms with Gasteiger partial charge in [-0.15, -0.1) is 0 Å². The maximum atomic E-state index is 5.82. The molecular formula is C21H21N3O3. The monoisotopic (exact) mass is 363 g/mol. The zero-order valence-corrected chi connectivity index (χ0v) is 15.2. The number of ether oxygens (including phenoxy) is 2. The van der Waals surface area contributed by atoms with Crippen molar-refractivity contribution in [3.8, 4) is 22.8 Å². The molecule has 138 valence electrons. The lowest BCUT2D eigenvalue weighted by Crippen LogP contribution is -2.00. The number of aromatic nitrogens is 2. The van der Waals surface area contributed by atoms with E-state index < -0.39 is 0 Å². The highest BCUT2D eigenvalue weighted by atomic mass is 16.6. The Morgan fingerprint density at radius 1 is 1.11 bits per heavy atom. The fourth-order valence-corrected chi connectivity index (χ4v) is 3.03. The average Bonchev–Trinajstić information content (AvgIpc) is 2.94. The van der Waals surface area contributed by atoms with Crippen molar-refractivity contribution in [2.45, 2.75) is 13.0 Å². The normalized spacial score (nSPS) is 13.5. The summed E-state index contributed by atoms with van der Waals surface area (Å²) in [6.45, 7) is 2.00. The molecular weight excluding hydrogens is 342 g/mol. The van der Waals surface area contributed by atoms with Crippen LogP contribution in [0.5, 0.6) is 11.5 Å². The summed E-state index contributed by atoms with van der Waals surface area (Å²) in [4.78, 5) is 4.86. The molecule has 3 aromatic rings. The Balaban J connectivity index is 1.70. The van der Waals surface area contributed by atoms with Crippen LogP contribution in [-0.2, 0) is 11.4 Å². The number of benzene rings is 2. The van der Waals surface area contributed by atoms with E-state index in [-0.39, 0.29) is 0 Å². The molecule has 0 unspecified atom stereocenters. The fraction of sp³-hybridized carbons (Fsp3) is 0.238. The van der Waals surface area contributed by atoms with Crippen molar-refractivity contribution < 1.29 is 14.3 Å². The molecule has 0 amide bonds. The van der Waals surface area contributed by atoms with Gasteiger partial charge in [-0.05, 0) is 23.8 Å². The van der Waals surface area contributed by atoms with Gasteiger partial charge in [0.15, 0.2) is 11.5 Å². The average molecular weight is 363 g/mol. The van der Waals surface area contributed by atoms with Gasteiger partial charge in [-0.1, -0.05) is 35.5 Å². The third-order valence-electron chi connectivity index (χ3n) is 4.30.